The minimum atomic E-state index is -5.03. The molecule has 0 aliphatic carbocycles. The highest BCUT2D eigenvalue weighted by atomic mass is 19.4. The smallest absolute Gasteiger partial charge is 0.355 e. The number of nitrogens with one attached hydrogen (secondary N) is 2. The molecule has 0 saturated carbocycles. The molecule has 2 N–H and O–H groups in total. The third kappa shape index (κ3) is 5.39. The number of carbonyl (C=O) groups is 3. The summed E-state index contributed by atoms with van der Waals surface area (Å²) in [6.45, 7) is 4.10. The molecular formula is C29H26F5N5O3. The number of amides is 4. The highest BCUT2D eigenvalue weighted by molar-refractivity contribution is 6.23. The van der Waals surface area contributed by atoms with Crippen molar-refractivity contribution >= 4 is 40.6 Å². The summed E-state index contributed by atoms with van der Waals surface area (Å²) in [5.74, 6) is -2.97. The van der Waals surface area contributed by atoms with Crippen LogP contribution in [0.25, 0.3) is 0 Å². The van der Waals surface area contributed by atoms with E-state index >= 15 is 0 Å². The van der Waals surface area contributed by atoms with E-state index in [4.69, 9.17) is 0 Å². The van der Waals surface area contributed by atoms with Gasteiger partial charge in [0, 0.05) is 30.2 Å². The summed E-state index contributed by atoms with van der Waals surface area (Å²) in [7, 11) is 0. The van der Waals surface area contributed by atoms with Crippen molar-refractivity contribution in [2.45, 2.75) is 32.1 Å². The Labute approximate surface area is 237 Å². The van der Waals surface area contributed by atoms with Gasteiger partial charge in [-0.1, -0.05) is 6.07 Å². The number of imide groups is 1. The summed E-state index contributed by atoms with van der Waals surface area (Å²) in [6.07, 6.45) is -5.03. The van der Waals surface area contributed by atoms with Crippen LogP contribution < -0.4 is 20.4 Å². The first kappa shape index (κ1) is 29.0. The number of benzene rings is 3. The molecular weight excluding hydrogens is 561 g/mol. The minimum Gasteiger partial charge on any atom is -0.355 e. The van der Waals surface area contributed by atoms with Crippen molar-refractivity contribution in [2.24, 2.45) is 0 Å². The normalized spacial score (nSPS) is 17.3. The van der Waals surface area contributed by atoms with Crippen LogP contribution in [0.2, 0.25) is 0 Å². The molecule has 4 amide bonds. The van der Waals surface area contributed by atoms with Crippen molar-refractivity contribution in [1.82, 2.24) is 10.2 Å². The van der Waals surface area contributed by atoms with Gasteiger partial charge in [0.25, 0.3) is 5.91 Å². The molecule has 2 saturated heterocycles. The second kappa shape index (κ2) is 10.7. The number of rotatable bonds is 6. The Kier molecular flexibility index (Phi) is 7.39. The average Bonchev–Trinajstić information content (AvgIpc) is 3.09. The fourth-order valence-corrected chi connectivity index (χ4v) is 4.93. The average molecular weight is 588 g/mol. The number of hydrogen-bond donors (Lipinski definition) is 2. The Bertz CT molecular complexity index is 1560. The molecule has 0 aromatic heterocycles. The molecule has 0 atom stereocenters. The van der Waals surface area contributed by atoms with Gasteiger partial charge in [0.1, 0.15) is 17.2 Å². The van der Waals surface area contributed by atoms with Gasteiger partial charge in [-0.25, -0.2) is 18.5 Å². The van der Waals surface area contributed by atoms with Gasteiger partial charge in [0.2, 0.25) is 5.91 Å². The van der Waals surface area contributed by atoms with Gasteiger partial charge in [0.15, 0.2) is 0 Å². The third-order valence-electron chi connectivity index (χ3n) is 7.28. The lowest BCUT2D eigenvalue weighted by Crippen LogP contribution is -2.48. The first-order valence-corrected chi connectivity index (χ1v) is 13.0. The van der Waals surface area contributed by atoms with Gasteiger partial charge in [-0.2, -0.15) is 13.2 Å². The zero-order chi connectivity index (χ0) is 30.4. The molecule has 2 heterocycles. The van der Waals surface area contributed by atoms with E-state index in [0.29, 0.717) is 47.1 Å². The summed E-state index contributed by atoms with van der Waals surface area (Å²) in [5, 5.41) is 6.10. The largest absolute Gasteiger partial charge is 0.419 e. The molecule has 3 aromatic carbocycles. The van der Waals surface area contributed by atoms with Gasteiger partial charge < -0.3 is 20.4 Å². The lowest BCUT2D eigenvalue weighted by atomic mass is 10.0. The standard InChI is InChI=1S/C29H26F5N5O3/c1-28(2)26(41)39(21-9-10-23(31)22(14-21)29(32,33)34)27(42)38(28)16-17-3-4-18(30)13-24(17)36-19-5-7-20(8-6-19)37-12-11-35-15-25(37)40/h3-10,13-14,35-36H,11-12,15-16H2,1-2H3. The van der Waals surface area contributed by atoms with E-state index in [1.54, 1.807) is 29.2 Å². The van der Waals surface area contributed by atoms with E-state index in [9.17, 15) is 36.3 Å². The summed E-state index contributed by atoms with van der Waals surface area (Å²) < 4.78 is 68.1. The maximum atomic E-state index is 14.3. The summed E-state index contributed by atoms with van der Waals surface area (Å²) in [4.78, 5) is 42.3. The number of nitrogens with zero attached hydrogens (tertiary/aromatic N) is 3. The van der Waals surface area contributed by atoms with Crippen LogP contribution in [0, 0.1) is 11.6 Å². The van der Waals surface area contributed by atoms with Crippen LogP contribution in [0.3, 0.4) is 0 Å². The Morgan fingerprint density at radius 3 is 2.29 bits per heavy atom. The van der Waals surface area contributed by atoms with E-state index in [1.165, 1.54) is 32.0 Å². The monoisotopic (exact) mass is 587 g/mol. The summed E-state index contributed by atoms with van der Waals surface area (Å²) >= 11 is 0. The summed E-state index contributed by atoms with van der Waals surface area (Å²) in [5.41, 5.74) is -1.55. The zero-order valence-corrected chi connectivity index (χ0v) is 22.6. The third-order valence-corrected chi connectivity index (χ3v) is 7.28. The van der Waals surface area contributed by atoms with E-state index in [2.05, 4.69) is 10.6 Å². The highest BCUT2D eigenvalue weighted by Crippen LogP contribution is 2.38. The molecule has 0 radical (unpaired) electrons. The lowest BCUT2D eigenvalue weighted by Gasteiger charge is -2.29. The second-order valence-electron chi connectivity index (χ2n) is 10.4. The molecule has 0 unspecified atom stereocenters. The van der Waals surface area contributed by atoms with E-state index in [1.807, 2.05) is 0 Å². The van der Waals surface area contributed by atoms with Crippen LogP contribution in [0.15, 0.2) is 60.7 Å². The maximum absolute atomic E-state index is 14.3. The SMILES string of the molecule is CC1(C)C(=O)N(c2ccc(F)c(C(F)(F)F)c2)C(=O)N1Cc1ccc(F)cc1Nc1ccc(N2CCNCC2=O)cc1. The van der Waals surface area contributed by atoms with Gasteiger partial charge in [0.05, 0.1) is 24.3 Å². The van der Waals surface area contributed by atoms with Crippen molar-refractivity contribution < 1.29 is 36.3 Å². The van der Waals surface area contributed by atoms with Gasteiger partial charge >= 0.3 is 12.2 Å². The van der Waals surface area contributed by atoms with Gasteiger partial charge in [-0.15, -0.1) is 0 Å². The molecule has 3 aromatic rings. The topological polar surface area (TPSA) is 85.0 Å². The van der Waals surface area contributed by atoms with Crippen molar-refractivity contribution in [2.75, 3.05) is 34.8 Å². The van der Waals surface area contributed by atoms with E-state index in [0.717, 1.165) is 11.0 Å². The summed E-state index contributed by atoms with van der Waals surface area (Å²) in [6, 6.07) is 11.7. The molecule has 8 nitrogen and oxygen atoms in total. The fourth-order valence-electron chi connectivity index (χ4n) is 4.93. The van der Waals surface area contributed by atoms with E-state index in [-0.39, 0.29) is 24.7 Å². The predicted octanol–water partition coefficient (Wildman–Crippen LogP) is 5.41. The molecule has 0 bridgehead atoms. The first-order chi connectivity index (χ1) is 19.8. The number of piperazine rings is 1. The molecule has 2 aliphatic heterocycles. The van der Waals surface area contributed by atoms with Crippen molar-refractivity contribution in [3.05, 3.63) is 83.4 Å². The van der Waals surface area contributed by atoms with Crippen LogP contribution in [0.5, 0.6) is 0 Å². The molecule has 0 spiro atoms. The van der Waals surface area contributed by atoms with Crippen LogP contribution in [-0.4, -0.2) is 47.9 Å². The number of urea groups is 1. The van der Waals surface area contributed by atoms with Crippen LogP contribution in [-0.2, 0) is 22.3 Å². The minimum absolute atomic E-state index is 0.0638. The van der Waals surface area contributed by atoms with Gasteiger partial charge in [-0.3, -0.25) is 9.59 Å². The number of carbonyl (C=O) groups excluding carboxylic acids is 3. The lowest BCUT2D eigenvalue weighted by molar-refractivity contribution is -0.140. The molecule has 5 rings (SSSR count). The number of anilines is 4. The fraction of sp³-hybridized carbons (Fsp3) is 0.276. The molecule has 2 fully saturated rings. The van der Waals surface area contributed by atoms with Crippen molar-refractivity contribution in [1.29, 1.82) is 0 Å². The predicted molar refractivity (Wildman–Crippen MR) is 145 cm³/mol. The Balaban J connectivity index is 1.41. The zero-order valence-electron chi connectivity index (χ0n) is 22.6. The molecule has 220 valence electrons. The van der Waals surface area contributed by atoms with Crippen molar-refractivity contribution in [3.63, 3.8) is 0 Å². The second-order valence-corrected chi connectivity index (χ2v) is 10.4. The first-order valence-electron chi connectivity index (χ1n) is 13.0. The quantitative estimate of drug-likeness (QED) is 0.298. The Hall–Kier alpha value is -4.52. The highest BCUT2D eigenvalue weighted by Gasteiger charge is 2.52. The maximum Gasteiger partial charge on any atom is 0.419 e. The Morgan fingerprint density at radius 1 is 0.929 bits per heavy atom. The van der Waals surface area contributed by atoms with Crippen LogP contribution >= 0.6 is 0 Å². The van der Waals surface area contributed by atoms with Gasteiger partial charge in [-0.05, 0) is 74.0 Å². The Morgan fingerprint density at radius 2 is 1.62 bits per heavy atom. The number of alkyl halides is 3. The molecule has 2 aliphatic rings. The number of halogens is 5. The van der Waals surface area contributed by atoms with Crippen LogP contribution in [0.4, 0.5) is 49.5 Å². The number of hydrogen-bond acceptors (Lipinski definition) is 5. The van der Waals surface area contributed by atoms with E-state index < -0.39 is 46.5 Å². The van der Waals surface area contributed by atoms with Crippen LogP contribution in [0.1, 0.15) is 25.0 Å². The molecule has 42 heavy (non-hydrogen) atoms. The molecule has 13 heteroatoms. The van der Waals surface area contributed by atoms with Crippen molar-refractivity contribution in [3.8, 4) is 0 Å².